The minimum Gasteiger partial charge on any atom is -0.371 e. The smallest absolute Gasteiger partial charge is 0.161 e. The number of hydrogen-bond acceptors (Lipinski definition) is 5. The van der Waals surface area contributed by atoms with E-state index in [1.807, 2.05) is 37.2 Å². The molecule has 4 unspecified atom stereocenters. The van der Waals surface area contributed by atoms with Crippen molar-refractivity contribution >= 4 is 16.9 Å². The zero-order valence-corrected chi connectivity index (χ0v) is 13.5. The van der Waals surface area contributed by atoms with E-state index >= 15 is 0 Å². The van der Waals surface area contributed by atoms with Crippen molar-refractivity contribution in [2.75, 3.05) is 14.1 Å². The molecule has 5 heteroatoms. The second-order valence-electron chi connectivity index (χ2n) is 5.80. The molecule has 0 radical (unpaired) electrons. The summed E-state index contributed by atoms with van der Waals surface area (Å²) in [5.74, 6) is 0. The Morgan fingerprint density at radius 3 is 2.81 bits per heavy atom. The van der Waals surface area contributed by atoms with Gasteiger partial charge < -0.3 is 14.4 Å². The highest BCUT2D eigenvalue weighted by molar-refractivity contribution is 8.14. The van der Waals surface area contributed by atoms with Crippen molar-refractivity contribution in [3.63, 3.8) is 0 Å². The van der Waals surface area contributed by atoms with Gasteiger partial charge in [-0.3, -0.25) is 4.99 Å². The van der Waals surface area contributed by atoms with Gasteiger partial charge in [0.25, 0.3) is 0 Å². The first-order valence-electron chi connectivity index (χ1n) is 7.36. The zero-order valence-electron chi connectivity index (χ0n) is 12.7. The SMILES string of the molecule is CC1CC(OCc2ccccc2)C2N=C(N(C)C)SC2O1. The molecule has 2 aliphatic heterocycles. The van der Waals surface area contributed by atoms with Gasteiger partial charge in [0.1, 0.15) is 11.5 Å². The predicted octanol–water partition coefficient (Wildman–Crippen LogP) is 2.74. The van der Waals surface area contributed by atoms with E-state index in [1.165, 1.54) is 5.56 Å². The van der Waals surface area contributed by atoms with E-state index in [0.717, 1.165) is 11.6 Å². The lowest BCUT2D eigenvalue weighted by Gasteiger charge is -2.35. The number of aliphatic imine (C=N–C) groups is 1. The molecule has 0 amide bonds. The minimum atomic E-state index is 0.0897. The fourth-order valence-electron chi connectivity index (χ4n) is 2.68. The molecule has 4 atom stereocenters. The van der Waals surface area contributed by atoms with E-state index in [-0.39, 0.29) is 23.7 Å². The van der Waals surface area contributed by atoms with Gasteiger partial charge >= 0.3 is 0 Å². The lowest BCUT2D eigenvalue weighted by atomic mass is 10.0. The summed E-state index contributed by atoms with van der Waals surface area (Å²) in [5, 5.41) is 1.03. The Morgan fingerprint density at radius 1 is 1.33 bits per heavy atom. The van der Waals surface area contributed by atoms with Crippen molar-refractivity contribution in [1.29, 1.82) is 0 Å². The fourth-order valence-corrected chi connectivity index (χ4v) is 3.90. The molecule has 0 aromatic heterocycles. The molecule has 2 heterocycles. The van der Waals surface area contributed by atoms with Crippen molar-refractivity contribution in [2.45, 2.75) is 43.6 Å². The number of fused-ring (bicyclic) bond motifs is 1. The van der Waals surface area contributed by atoms with Crippen LogP contribution in [0.5, 0.6) is 0 Å². The molecular formula is C16H22N2O2S. The molecule has 1 fully saturated rings. The van der Waals surface area contributed by atoms with Crippen LogP contribution in [0.1, 0.15) is 18.9 Å². The second-order valence-corrected chi connectivity index (χ2v) is 6.87. The van der Waals surface area contributed by atoms with Gasteiger partial charge in [0.15, 0.2) is 5.17 Å². The Kier molecular flexibility index (Phi) is 4.52. The first-order valence-corrected chi connectivity index (χ1v) is 8.24. The van der Waals surface area contributed by atoms with E-state index in [9.17, 15) is 0 Å². The van der Waals surface area contributed by atoms with Gasteiger partial charge in [-0.1, -0.05) is 42.1 Å². The molecule has 0 spiro atoms. The van der Waals surface area contributed by atoms with Crippen LogP contribution in [0, 0.1) is 0 Å². The van der Waals surface area contributed by atoms with Crippen LogP contribution in [-0.4, -0.2) is 47.8 Å². The maximum absolute atomic E-state index is 6.16. The molecule has 0 bridgehead atoms. The molecule has 0 saturated carbocycles. The van der Waals surface area contributed by atoms with Crippen LogP contribution in [0.25, 0.3) is 0 Å². The Balaban J connectivity index is 1.68. The van der Waals surface area contributed by atoms with E-state index in [1.54, 1.807) is 11.8 Å². The molecule has 2 aliphatic rings. The number of amidine groups is 1. The summed E-state index contributed by atoms with van der Waals surface area (Å²) < 4.78 is 12.2. The third kappa shape index (κ3) is 3.42. The largest absolute Gasteiger partial charge is 0.371 e. The normalized spacial score (nSPS) is 31.7. The third-order valence-electron chi connectivity index (χ3n) is 3.76. The Morgan fingerprint density at radius 2 is 2.10 bits per heavy atom. The molecule has 3 rings (SSSR count). The van der Waals surface area contributed by atoms with Crippen LogP contribution >= 0.6 is 11.8 Å². The molecule has 0 aliphatic carbocycles. The average molecular weight is 306 g/mol. The summed E-state index contributed by atoms with van der Waals surface area (Å²) in [7, 11) is 4.04. The van der Waals surface area contributed by atoms with Crippen LogP contribution in [0.15, 0.2) is 35.3 Å². The molecule has 21 heavy (non-hydrogen) atoms. The molecule has 0 N–H and O–H groups in total. The van der Waals surface area contributed by atoms with Crippen molar-refractivity contribution in [1.82, 2.24) is 4.90 Å². The van der Waals surface area contributed by atoms with Crippen molar-refractivity contribution in [2.24, 2.45) is 4.99 Å². The van der Waals surface area contributed by atoms with Crippen molar-refractivity contribution in [3.8, 4) is 0 Å². The van der Waals surface area contributed by atoms with Crippen LogP contribution < -0.4 is 0 Å². The molecule has 1 saturated heterocycles. The third-order valence-corrected chi connectivity index (χ3v) is 5.06. The molecule has 1 aromatic carbocycles. The topological polar surface area (TPSA) is 34.1 Å². The first kappa shape index (κ1) is 14.9. The summed E-state index contributed by atoms with van der Waals surface area (Å²) in [6.45, 7) is 2.75. The van der Waals surface area contributed by atoms with E-state index in [2.05, 4.69) is 19.1 Å². The Hall–Kier alpha value is -1.04. The maximum atomic E-state index is 6.16. The van der Waals surface area contributed by atoms with Crippen LogP contribution in [-0.2, 0) is 16.1 Å². The Bertz CT molecular complexity index is 506. The summed E-state index contributed by atoms with van der Waals surface area (Å²) in [5.41, 5.74) is 1.29. The van der Waals surface area contributed by atoms with E-state index in [4.69, 9.17) is 14.5 Å². The lowest BCUT2D eigenvalue weighted by molar-refractivity contribution is -0.0937. The van der Waals surface area contributed by atoms with Gasteiger partial charge in [0.2, 0.25) is 0 Å². The monoisotopic (exact) mass is 306 g/mol. The van der Waals surface area contributed by atoms with Crippen LogP contribution in [0.3, 0.4) is 0 Å². The van der Waals surface area contributed by atoms with Gasteiger partial charge in [0, 0.05) is 20.5 Å². The highest BCUT2D eigenvalue weighted by Crippen LogP contribution is 2.38. The number of thioether (sulfide) groups is 1. The highest BCUT2D eigenvalue weighted by Gasteiger charge is 2.43. The standard InChI is InChI=1S/C16H22N2O2S/c1-11-9-13(19-10-12-7-5-4-6-8-12)14-15(20-11)21-16(17-14)18(2)3/h4-8,11,13-15H,9-10H2,1-3H3. The summed E-state index contributed by atoms with van der Waals surface area (Å²) in [6, 6.07) is 10.4. The number of ether oxygens (including phenoxy) is 2. The van der Waals surface area contributed by atoms with Gasteiger partial charge in [0.05, 0.1) is 18.8 Å². The zero-order chi connectivity index (χ0) is 14.8. The number of nitrogens with zero attached hydrogens (tertiary/aromatic N) is 2. The van der Waals surface area contributed by atoms with Gasteiger partial charge in [-0.15, -0.1) is 0 Å². The number of hydrogen-bond donors (Lipinski definition) is 0. The molecule has 114 valence electrons. The molecular weight excluding hydrogens is 284 g/mol. The van der Waals surface area contributed by atoms with Crippen LogP contribution in [0.4, 0.5) is 0 Å². The molecule has 4 nitrogen and oxygen atoms in total. The molecule has 1 aromatic rings. The number of rotatable bonds is 3. The Labute approximate surface area is 130 Å². The first-order chi connectivity index (χ1) is 10.1. The summed E-state index contributed by atoms with van der Waals surface area (Å²) in [6.07, 6.45) is 1.25. The van der Waals surface area contributed by atoms with Crippen molar-refractivity contribution < 1.29 is 9.47 Å². The van der Waals surface area contributed by atoms with E-state index in [0.29, 0.717) is 6.61 Å². The quantitative estimate of drug-likeness (QED) is 0.860. The fraction of sp³-hybridized carbons (Fsp3) is 0.562. The van der Waals surface area contributed by atoms with Gasteiger partial charge in [-0.05, 0) is 12.5 Å². The average Bonchev–Trinajstić information content (AvgIpc) is 2.90. The second kappa shape index (κ2) is 6.38. The number of benzene rings is 1. The van der Waals surface area contributed by atoms with Gasteiger partial charge in [-0.25, -0.2) is 0 Å². The minimum absolute atomic E-state index is 0.0897. The van der Waals surface area contributed by atoms with E-state index < -0.39 is 0 Å². The summed E-state index contributed by atoms with van der Waals surface area (Å²) in [4.78, 5) is 6.84. The van der Waals surface area contributed by atoms with Gasteiger partial charge in [-0.2, -0.15) is 0 Å². The summed E-state index contributed by atoms with van der Waals surface area (Å²) >= 11 is 1.71. The maximum Gasteiger partial charge on any atom is 0.161 e. The van der Waals surface area contributed by atoms with Crippen LogP contribution in [0.2, 0.25) is 0 Å². The highest BCUT2D eigenvalue weighted by atomic mass is 32.2. The van der Waals surface area contributed by atoms with Crippen molar-refractivity contribution in [3.05, 3.63) is 35.9 Å². The lowest BCUT2D eigenvalue weighted by Crippen LogP contribution is -2.44. The predicted molar refractivity (Wildman–Crippen MR) is 86.5 cm³/mol.